The van der Waals surface area contributed by atoms with Gasteiger partial charge in [0.05, 0.1) is 49.6 Å². The lowest BCUT2D eigenvalue weighted by atomic mass is 10.2. The van der Waals surface area contributed by atoms with E-state index in [2.05, 4.69) is 13.8 Å². The Kier molecular flexibility index (Phi) is 13.9. The number of rotatable bonds is 17. The lowest BCUT2D eigenvalue weighted by Gasteiger charge is -2.39. The fourth-order valence-electron chi connectivity index (χ4n) is 2.86. The number of nitrogens with zero attached hydrogens (tertiary/aromatic N) is 1. The van der Waals surface area contributed by atoms with Crippen LogP contribution in [0.5, 0.6) is 0 Å². The van der Waals surface area contributed by atoms with Crippen LogP contribution in [0.2, 0.25) is 0 Å². The molecule has 0 amide bonds. The molecule has 0 rings (SSSR count). The van der Waals surface area contributed by atoms with Gasteiger partial charge in [-0.2, -0.15) is 0 Å². The molecule has 0 bridgehead atoms. The van der Waals surface area contributed by atoms with Gasteiger partial charge in [-0.1, -0.05) is 26.7 Å². The summed E-state index contributed by atoms with van der Waals surface area (Å²) < 4.78 is 44.5. The van der Waals surface area contributed by atoms with Gasteiger partial charge in [0, 0.05) is 18.8 Å². The van der Waals surface area contributed by atoms with Gasteiger partial charge < -0.3 is 18.5 Å². The van der Waals surface area contributed by atoms with E-state index < -0.39 is 10.1 Å². The Bertz CT molecular complexity index is 378. The smallest absolute Gasteiger partial charge is 0.102 e. The van der Waals surface area contributed by atoms with Gasteiger partial charge >= 0.3 is 0 Å². The number of unbranched alkanes of at least 4 members (excludes halogenated alkanes) is 2. The van der Waals surface area contributed by atoms with Crippen molar-refractivity contribution in [3.63, 3.8) is 0 Å². The molecule has 7 heteroatoms. The van der Waals surface area contributed by atoms with Crippen molar-refractivity contribution in [2.75, 3.05) is 58.4 Å². The second kappa shape index (κ2) is 14.0. The molecule has 0 aromatic carbocycles. The minimum atomic E-state index is -4.13. The molecule has 0 N–H and O–H groups in total. The zero-order valence-corrected chi connectivity index (χ0v) is 16.6. The third-order valence-corrected chi connectivity index (χ3v) is 5.07. The normalized spacial score (nSPS) is 12.7. The fraction of sp³-hybridized carbons (Fsp3) is 1.00. The second-order valence-corrected chi connectivity index (χ2v) is 7.89. The summed E-state index contributed by atoms with van der Waals surface area (Å²) in [5.74, 6) is -0.267. The van der Waals surface area contributed by atoms with Gasteiger partial charge in [0.2, 0.25) is 0 Å². The van der Waals surface area contributed by atoms with Gasteiger partial charge in [0.1, 0.15) is 6.54 Å². The number of ether oxygens (including phenoxy) is 2. The van der Waals surface area contributed by atoms with Crippen molar-refractivity contribution in [3.8, 4) is 0 Å². The Morgan fingerprint density at radius 2 is 1.33 bits per heavy atom. The molecule has 0 aliphatic rings. The Hall–Kier alpha value is -0.210. The molecule has 0 spiro atoms. The molecule has 146 valence electrons. The monoisotopic (exact) mass is 367 g/mol. The van der Waals surface area contributed by atoms with Gasteiger partial charge in [0.25, 0.3) is 0 Å². The van der Waals surface area contributed by atoms with E-state index in [4.69, 9.17) is 9.47 Å². The Morgan fingerprint density at radius 3 is 1.83 bits per heavy atom. The third kappa shape index (κ3) is 13.1. The molecule has 6 nitrogen and oxygen atoms in total. The van der Waals surface area contributed by atoms with E-state index in [-0.39, 0.29) is 5.75 Å². The largest absolute Gasteiger partial charge is 0.748 e. The minimum Gasteiger partial charge on any atom is -0.748 e. The van der Waals surface area contributed by atoms with Crippen LogP contribution < -0.4 is 0 Å². The highest BCUT2D eigenvalue weighted by molar-refractivity contribution is 7.85. The van der Waals surface area contributed by atoms with E-state index in [0.29, 0.717) is 32.8 Å². The van der Waals surface area contributed by atoms with Crippen molar-refractivity contribution in [2.24, 2.45) is 0 Å². The summed E-state index contributed by atoms with van der Waals surface area (Å²) in [6, 6.07) is 0. The average Bonchev–Trinajstić information content (AvgIpc) is 2.52. The highest BCUT2D eigenvalue weighted by Crippen LogP contribution is 2.14. The Labute approximate surface area is 148 Å². The number of quaternary nitrogens is 1. The summed E-state index contributed by atoms with van der Waals surface area (Å²) in [4.78, 5) is 0. The van der Waals surface area contributed by atoms with Crippen molar-refractivity contribution < 1.29 is 26.9 Å². The van der Waals surface area contributed by atoms with Crippen LogP contribution in [0.3, 0.4) is 0 Å². The van der Waals surface area contributed by atoms with Crippen LogP contribution in [0.1, 0.15) is 52.9 Å². The maximum atomic E-state index is 10.9. The molecule has 0 fully saturated rings. The summed E-state index contributed by atoms with van der Waals surface area (Å²) in [7, 11) is -4.13. The lowest BCUT2D eigenvalue weighted by molar-refractivity contribution is -0.929. The maximum absolute atomic E-state index is 10.9. The number of hydrogen-bond acceptors (Lipinski definition) is 5. The van der Waals surface area contributed by atoms with Crippen molar-refractivity contribution in [1.82, 2.24) is 0 Å². The molecule has 0 aromatic rings. The minimum absolute atomic E-state index is 0.267. The van der Waals surface area contributed by atoms with Crippen molar-refractivity contribution in [3.05, 3.63) is 0 Å². The summed E-state index contributed by atoms with van der Waals surface area (Å²) in [6.07, 6.45) is 4.85. The Balaban J connectivity index is 4.59. The van der Waals surface area contributed by atoms with Gasteiger partial charge in [-0.3, -0.25) is 0 Å². The standard InChI is InChI=1S/C17H37NO5S/c1-4-7-10-18(11-8-5-2,12-9-17-24(19,20)21)13-14-23-16-15-22-6-3/h4-17H2,1-3H3. The van der Waals surface area contributed by atoms with Crippen LogP contribution in [-0.4, -0.2) is 75.8 Å². The van der Waals surface area contributed by atoms with Crippen molar-refractivity contribution in [2.45, 2.75) is 52.9 Å². The van der Waals surface area contributed by atoms with E-state index in [1.807, 2.05) is 6.92 Å². The van der Waals surface area contributed by atoms with Gasteiger partial charge in [0.15, 0.2) is 0 Å². The molecular formula is C17H37NO5S. The molecule has 0 saturated carbocycles. The molecular weight excluding hydrogens is 330 g/mol. The molecule has 0 atom stereocenters. The zero-order chi connectivity index (χ0) is 18.3. The molecule has 0 aromatic heterocycles. The van der Waals surface area contributed by atoms with Crippen LogP contribution in [0.15, 0.2) is 0 Å². The van der Waals surface area contributed by atoms with E-state index in [0.717, 1.165) is 56.3 Å². The second-order valence-electron chi connectivity index (χ2n) is 6.37. The highest BCUT2D eigenvalue weighted by Gasteiger charge is 2.26. The van der Waals surface area contributed by atoms with Crippen LogP contribution in [0.4, 0.5) is 0 Å². The van der Waals surface area contributed by atoms with Crippen LogP contribution in [-0.2, 0) is 19.6 Å². The third-order valence-electron chi connectivity index (χ3n) is 4.28. The molecule has 0 radical (unpaired) electrons. The molecule has 0 aliphatic carbocycles. The van der Waals surface area contributed by atoms with E-state index in [1.165, 1.54) is 0 Å². The zero-order valence-electron chi connectivity index (χ0n) is 15.8. The summed E-state index contributed by atoms with van der Waals surface area (Å²) in [5, 5.41) is 0. The van der Waals surface area contributed by atoms with Crippen LogP contribution >= 0.6 is 0 Å². The van der Waals surface area contributed by atoms with Gasteiger partial charge in [-0.05, 0) is 19.8 Å². The predicted molar refractivity (Wildman–Crippen MR) is 96.0 cm³/mol. The van der Waals surface area contributed by atoms with E-state index >= 15 is 0 Å². The lowest BCUT2D eigenvalue weighted by Crippen LogP contribution is -2.52. The number of hydrogen-bond donors (Lipinski definition) is 0. The quantitative estimate of drug-likeness (QED) is 0.224. The molecule has 0 heterocycles. The van der Waals surface area contributed by atoms with Crippen molar-refractivity contribution in [1.29, 1.82) is 0 Å². The SMILES string of the molecule is CCCC[N+](CCCC)(CCCS(=O)(=O)[O-])CCOCCOCC. The first-order valence-electron chi connectivity index (χ1n) is 9.33. The topological polar surface area (TPSA) is 75.7 Å². The maximum Gasteiger partial charge on any atom is 0.102 e. The molecule has 24 heavy (non-hydrogen) atoms. The fourth-order valence-corrected chi connectivity index (χ4v) is 3.34. The first kappa shape index (κ1) is 23.8. The first-order valence-corrected chi connectivity index (χ1v) is 10.9. The summed E-state index contributed by atoms with van der Waals surface area (Å²) >= 11 is 0. The predicted octanol–water partition coefficient (Wildman–Crippen LogP) is 2.39. The van der Waals surface area contributed by atoms with Crippen LogP contribution in [0, 0.1) is 0 Å². The first-order chi connectivity index (χ1) is 11.4. The van der Waals surface area contributed by atoms with E-state index in [9.17, 15) is 13.0 Å². The Morgan fingerprint density at radius 1 is 0.792 bits per heavy atom. The molecule has 0 unspecified atom stereocenters. The molecule has 0 saturated heterocycles. The summed E-state index contributed by atoms with van der Waals surface area (Å²) in [6.45, 7) is 12.4. The van der Waals surface area contributed by atoms with E-state index in [1.54, 1.807) is 0 Å². The molecule has 0 aliphatic heterocycles. The highest BCUT2D eigenvalue weighted by atomic mass is 32.2. The van der Waals surface area contributed by atoms with Crippen molar-refractivity contribution >= 4 is 10.1 Å². The average molecular weight is 368 g/mol. The van der Waals surface area contributed by atoms with Gasteiger partial charge in [-0.25, -0.2) is 8.42 Å². The van der Waals surface area contributed by atoms with Gasteiger partial charge in [-0.15, -0.1) is 0 Å². The summed E-state index contributed by atoms with van der Waals surface area (Å²) in [5.41, 5.74) is 0. The van der Waals surface area contributed by atoms with Crippen LogP contribution in [0.25, 0.3) is 0 Å².